The Morgan fingerprint density at radius 2 is 2.22 bits per heavy atom. The van der Waals surface area contributed by atoms with Crippen LogP contribution in [-0.4, -0.2) is 38.8 Å². The van der Waals surface area contributed by atoms with Gasteiger partial charge in [-0.2, -0.15) is 0 Å². The van der Waals surface area contributed by atoms with Crippen LogP contribution < -0.4 is 10.1 Å². The second-order valence-electron chi connectivity index (χ2n) is 4.34. The Balaban J connectivity index is 1.62. The molecule has 0 spiro atoms. The Kier molecular flexibility index (Phi) is 5.78. The summed E-state index contributed by atoms with van der Waals surface area (Å²) in [7, 11) is 0. The predicted molar refractivity (Wildman–Crippen MR) is 73.8 cm³/mol. The number of halogens is 1. The summed E-state index contributed by atoms with van der Waals surface area (Å²) in [5, 5.41) is 3.36. The van der Waals surface area contributed by atoms with Crippen molar-refractivity contribution in [2.45, 2.75) is 12.8 Å². The Bertz CT molecular complexity index is 371. The minimum atomic E-state index is 0.567. The number of benzene rings is 1. The molecule has 1 aliphatic rings. The van der Waals surface area contributed by atoms with Gasteiger partial charge in [0.05, 0.1) is 19.8 Å². The number of fused-ring (bicyclic) bond motifs is 1. The van der Waals surface area contributed by atoms with Crippen molar-refractivity contribution in [2.75, 3.05) is 38.8 Å². The molecular formula is C14H20ClNO2. The first-order valence-corrected chi connectivity index (χ1v) is 7.02. The average molecular weight is 270 g/mol. The second kappa shape index (κ2) is 7.62. The molecule has 3 nitrogen and oxygen atoms in total. The van der Waals surface area contributed by atoms with Crippen LogP contribution in [0.5, 0.6) is 5.75 Å². The molecule has 0 aromatic heterocycles. The first kappa shape index (κ1) is 13.7. The van der Waals surface area contributed by atoms with E-state index < -0.39 is 0 Å². The van der Waals surface area contributed by atoms with Crippen molar-refractivity contribution >= 4 is 11.6 Å². The van der Waals surface area contributed by atoms with Gasteiger partial charge in [-0.1, -0.05) is 12.1 Å². The van der Waals surface area contributed by atoms with Crippen molar-refractivity contribution < 1.29 is 9.47 Å². The van der Waals surface area contributed by atoms with Crippen LogP contribution in [0.3, 0.4) is 0 Å². The summed E-state index contributed by atoms with van der Waals surface area (Å²) < 4.78 is 10.8. The molecule has 0 aliphatic carbocycles. The van der Waals surface area contributed by atoms with Crippen molar-refractivity contribution in [1.82, 2.24) is 5.32 Å². The van der Waals surface area contributed by atoms with Crippen molar-refractivity contribution in [2.24, 2.45) is 0 Å². The summed E-state index contributed by atoms with van der Waals surface area (Å²) in [5.74, 6) is 1.62. The molecule has 0 saturated heterocycles. The standard InChI is InChI=1S/C14H20ClNO2/c15-5-9-17-10-7-16-6-3-12-1-2-14-13(11-12)4-8-18-14/h1-2,11,16H,3-10H2. The highest BCUT2D eigenvalue weighted by Crippen LogP contribution is 2.25. The van der Waals surface area contributed by atoms with E-state index in [0.717, 1.165) is 44.9 Å². The van der Waals surface area contributed by atoms with Gasteiger partial charge in [0.15, 0.2) is 0 Å². The lowest BCUT2D eigenvalue weighted by molar-refractivity contribution is 0.151. The minimum Gasteiger partial charge on any atom is -0.493 e. The van der Waals surface area contributed by atoms with Crippen LogP contribution in [0.1, 0.15) is 11.1 Å². The maximum absolute atomic E-state index is 5.51. The van der Waals surface area contributed by atoms with Gasteiger partial charge in [0, 0.05) is 18.8 Å². The number of hydrogen-bond acceptors (Lipinski definition) is 3. The molecule has 1 aromatic rings. The third-order valence-electron chi connectivity index (χ3n) is 2.99. The van der Waals surface area contributed by atoms with Gasteiger partial charge in [0.25, 0.3) is 0 Å². The van der Waals surface area contributed by atoms with E-state index in [9.17, 15) is 0 Å². The third kappa shape index (κ3) is 4.16. The van der Waals surface area contributed by atoms with Gasteiger partial charge in [0.1, 0.15) is 5.75 Å². The van der Waals surface area contributed by atoms with E-state index in [1.807, 2.05) is 0 Å². The maximum atomic E-state index is 5.51. The van der Waals surface area contributed by atoms with Gasteiger partial charge in [-0.15, -0.1) is 11.6 Å². The summed E-state index contributed by atoms with van der Waals surface area (Å²) >= 11 is 5.51. The summed E-state index contributed by atoms with van der Waals surface area (Å²) in [6, 6.07) is 6.49. The van der Waals surface area contributed by atoms with Crippen LogP contribution in [0.25, 0.3) is 0 Å². The Hall–Kier alpha value is -0.770. The molecule has 18 heavy (non-hydrogen) atoms. The van der Waals surface area contributed by atoms with E-state index in [1.165, 1.54) is 11.1 Å². The van der Waals surface area contributed by atoms with Crippen molar-refractivity contribution in [3.8, 4) is 5.75 Å². The Morgan fingerprint density at radius 1 is 1.28 bits per heavy atom. The molecule has 1 aromatic carbocycles. The molecule has 0 saturated carbocycles. The Morgan fingerprint density at radius 3 is 3.11 bits per heavy atom. The van der Waals surface area contributed by atoms with Gasteiger partial charge in [-0.3, -0.25) is 0 Å². The largest absolute Gasteiger partial charge is 0.493 e. The smallest absolute Gasteiger partial charge is 0.122 e. The molecule has 0 radical (unpaired) electrons. The van der Waals surface area contributed by atoms with E-state index in [1.54, 1.807) is 0 Å². The summed E-state index contributed by atoms with van der Waals surface area (Å²) in [6.07, 6.45) is 2.09. The highest BCUT2D eigenvalue weighted by atomic mass is 35.5. The molecule has 4 heteroatoms. The minimum absolute atomic E-state index is 0.567. The Labute approximate surface area is 113 Å². The van der Waals surface area contributed by atoms with E-state index in [2.05, 4.69) is 23.5 Å². The second-order valence-corrected chi connectivity index (χ2v) is 4.72. The molecule has 1 aliphatic heterocycles. The lowest BCUT2D eigenvalue weighted by atomic mass is 10.1. The summed E-state index contributed by atoms with van der Waals surface area (Å²) in [4.78, 5) is 0. The molecule has 0 unspecified atom stereocenters. The zero-order valence-corrected chi connectivity index (χ0v) is 11.3. The van der Waals surface area contributed by atoms with Gasteiger partial charge >= 0.3 is 0 Å². The number of hydrogen-bond donors (Lipinski definition) is 1. The number of rotatable bonds is 8. The average Bonchev–Trinajstić information content (AvgIpc) is 2.85. The lowest BCUT2D eigenvalue weighted by Gasteiger charge is -2.06. The topological polar surface area (TPSA) is 30.5 Å². The monoisotopic (exact) mass is 269 g/mol. The molecule has 0 amide bonds. The third-order valence-corrected chi connectivity index (χ3v) is 3.14. The first-order chi connectivity index (χ1) is 8.90. The maximum Gasteiger partial charge on any atom is 0.122 e. The van der Waals surface area contributed by atoms with Gasteiger partial charge in [-0.25, -0.2) is 0 Å². The molecule has 0 fully saturated rings. The van der Waals surface area contributed by atoms with Crippen molar-refractivity contribution in [3.63, 3.8) is 0 Å². The van der Waals surface area contributed by atoms with Crippen LogP contribution in [0, 0.1) is 0 Å². The highest BCUT2D eigenvalue weighted by Gasteiger charge is 2.11. The number of nitrogens with one attached hydrogen (secondary N) is 1. The van der Waals surface area contributed by atoms with Gasteiger partial charge in [0.2, 0.25) is 0 Å². The molecule has 1 N–H and O–H groups in total. The zero-order chi connectivity index (χ0) is 12.6. The van der Waals surface area contributed by atoms with Crippen molar-refractivity contribution in [3.05, 3.63) is 29.3 Å². The normalized spacial score (nSPS) is 13.4. The molecule has 100 valence electrons. The first-order valence-electron chi connectivity index (χ1n) is 6.49. The fraction of sp³-hybridized carbons (Fsp3) is 0.571. The van der Waals surface area contributed by atoms with Crippen LogP contribution in [-0.2, 0) is 17.6 Å². The van der Waals surface area contributed by atoms with E-state index >= 15 is 0 Å². The molecule has 0 bridgehead atoms. The van der Waals surface area contributed by atoms with Crippen LogP contribution >= 0.6 is 11.6 Å². The number of alkyl halides is 1. The van der Waals surface area contributed by atoms with Crippen LogP contribution in [0.4, 0.5) is 0 Å². The predicted octanol–water partition coefficient (Wildman–Crippen LogP) is 2.01. The van der Waals surface area contributed by atoms with E-state index in [-0.39, 0.29) is 0 Å². The SMILES string of the molecule is ClCCOCCNCCc1ccc2c(c1)CCO2. The van der Waals surface area contributed by atoms with Gasteiger partial charge < -0.3 is 14.8 Å². The van der Waals surface area contributed by atoms with Crippen LogP contribution in [0.15, 0.2) is 18.2 Å². The van der Waals surface area contributed by atoms with Crippen molar-refractivity contribution in [1.29, 1.82) is 0 Å². The molecule has 2 rings (SSSR count). The quantitative estimate of drug-likeness (QED) is 0.579. The van der Waals surface area contributed by atoms with Gasteiger partial charge in [-0.05, 0) is 30.2 Å². The fourth-order valence-corrected chi connectivity index (χ4v) is 2.16. The zero-order valence-electron chi connectivity index (χ0n) is 10.6. The number of ether oxygens (including phenoxy) is 2. The van der Waals surface area contributed by atoms with E-state index in [4.69, 9.17) is 21.1 Å². The summed E-state index contributed by atoms with van der Waals surface area (Å²) in [6.45, 7) is 4.04. The highest BCUT2D eigenvalue weighted by molar-refractivity contribution is 6.17. The summed E-state index contributed by atoms with van der Waals surface area (Å²) in [5.41, 5.74) is 2.71. The molecular weight excluding hydrogens is 250 g/mol. The molecule has 0 atom stereocenters. The van der Waals surface area contributed by atoms with Crippen LogP contribution in [0.2, 0.25) is 0 Å². The fourth-order valence-electron chi connectivity index (χ4n) is 2.05. The lowest BCUT2D eigenvalue weighted by Crippen LogP contribution is -2.22. The molecule has 1 heterocycles. The van der Waals surface area contributed by atoms with E-state index in [0.29, 0.717) is 12.5 Å².